The molecular weight excluding hydrogens is 432 g/mol. The number of ether oxygens (including phenoxy) is 2. The van der Waals surface area contributed by atoms with Gasteiger partial charge in [0.05, 0.1) is 25.3 Å². The van der Waals surface area contributed by atoms with Crippen LogP contribution in [0.15, 0.2) is 78.6 Å². The van der Waals surface area contributed by atoms with E-state index >= 15 is 0 Å². The molecule has 1 aliphatic heterocycles. The number of hydrogen-bond donors (Lipinski definition) is 1. The van der Waals surface area contributed by atoms with Crippen molar-refractivity contribution in [2.75, 3.05) is 13.7 Å². The Morgan fingerprint density at radius 3 is 2.44 bits per heavy atom. The molecule has 3 aromatic rings. The van der Waals surface area contributed by atoms with Crippen LogP contribution in [0.1, 0.15) is 36.1 Å². The van der Waals surface area contributed by atoms with Crippen molar-refractivity contribution < 1.29 is 24.2 Å². The third-order valence-electron chi connectivity index (χ3n) is 5.65. The van der Waals surface area contributed by atoms with Gasteiger partial charge < -0.3 is 19.5 Å². The lowest BCUT2D eigenvalue weighted by molar-refractivity contribution is -0.140. The summed E-state index contributed by atoms with van der Waals surface area (Å²) < 4.78 is 11.0. The molecular formula is C27H26N2O5. The van der Waals surface area contributed by atoms with Gasteiger partial charge in [-0.15, -0.1) is 0 Å². The number of amides is 1. The van der Waals surface area contributed by atoms with Crippen LogP contribution in [0.5, 0.6) is 11.5 Å². The van der Waals surface area contributed by atoms with Gasteiger partial charge in [0.25, 0.3) is 11.7 Å². The van der Waals surface area contributed by atoms with Gasteiger partial charge in [-0.3, -0.25) is 14.6 Å². The molecule has 0 bridgehead atoms. The number of carbonyl (C=O) groups is 2. The number of aliphatic hydroxyl groups excluding tert-OH is 1. The van der Waals surface area contributed by atoms with E-state index in [-0.39, 0.29) is 17.9 Å². The third kappa shape index (κ3) is 4.64. The molecule has 2 aromatic carbocycles. The first-order valence-corrected chi connectivity index (χ1v) is 11.1. The van der Waals surface area contributed by atoms with Crippen molar-refractivity contribution in [3.05, 3.63) is 95.3 Å². The topological polar surface area (TPSA) is 89.0 Å². The molecule has 34 heavy (non-hydrogen) atoms. The molecule has 0 saturated carbocycles. The minimum atomic E-state index is -0.778. The Kier molecular flexibility index (Phi) is 6.92. The van der Waals surface area contributed by atoms with Crippen molar-refractivity contribution in [1.82, 2.24) is 9.88 Å². The molecule has 174 valence electrons. The molecule has 1 atom stereocenters. The predicted molar refractivity (Wildman–Crippen MR) is 127 cm³/mol. The van der Waals surface area contributed by atoms with Crippen molar-refractivity contribution in [3.8, 4) is 11.5 Å². The molecule has 0 aliphatic carbocycles. The number of pyridine rings is 1. The number of carbonyl (C=O) groups excluding carboxylic acids is 2. The van der Waals surface area contributed by atoms with Crippen LogP contribution in [0, 0.1) is 0 Å². The number of benzene rings is 2. The van der Waals surface area contributed by atoms with Crippen molar-refractivity contribution in [1.29, 1.82) is 0 Å². The van der Waals surface area contributed by atoms with Crippen molar-refractivity contribution in [3.63, 3.8) is 0 Å². The number of aromatic nitrogens is 1. The number of nitrogens with zero attached hydrogens (tertiary/aromatic N) is 2. The van der Waals surface area contributed by atoms with Gasteiger partial charge in [-0.1, -0.05) is 19.1 Å². The third-order valence-corrected chi connectivity index (χ3v) is 5.65. The van der Waals surface area contributed by atoms with E-state index in [1.54, 1.807) is 74.1 Å². The molecule has 7 nitrogen and oxygen atoms in total. The van der Waals surface area contributed by atoms with Crippen LogP contribution < -0.4 is 9.47 Å². The number of Topliss-reactive ketones (excluding diaryl/α,β-unsaturated/α-hetero) is 1. The van der Waals surface area contributed by atoms with Gasteiger partial charge in [-0.2, -0.15) is 0 Å². The molecule has 1 unspecified atom stereocenters. The highest BCUT2D eigenvalue weighted by Gasteiger charge is 2.46. The zero-order valence-electron chi connectivity index (χ0n) is 19.1. The molecule has 1 N–H and O–H groups in total. The summed E-state index contributed by atoms with van der Waals surface area (Å²) in [4.78, 5) is 31.8. The van der Waals surface area contributed by atoms with Crippen LogP contribution in [0.3, 0.4) is 0 Å². The van der Waals surface area contributed by atoms with Crippen LogP contribution in [-0.4, -0.2) is 40.4 Å². The minimum absolute atomic E-state index is 0.0366. The molecule has 1 aromatic heterocycles. The maximum absolute atomic E-state index is 13.2. The van der Waals surface area contributed by atoms with Gasteiger partial charge >= 0.3 is 0 Å². The molecule has 0 spiro atoms. The second-order valence-corrected chi connectivity index (χ2v) is 7.93. The van der Waals surface area contributed by atoms with E-state index in [1.165, 1.54) is 4.90 Å². The number of rotatable bonds is 8. The summed E-state index contributed by atoms with van der Waals surface area (Å²) in [6.07, 6.45) is 4.15. The highest BCUT2D eigenvalue weighted by Crippen LogP contribution is 2.41. The Hall–Kier alpha value is -4.13. The van der Waals surface area contributed by atoms with E-state index < -0.39 is 17.7 Å². The summed E-state index contributed by atoms with van der Waals surface area (Å²) in [7, 11) is 1.55. The monoisotopic (exact) mass is 458 g/mol. The molecule has 0 radical (unpaired) electrons. The first-order chi connectivity index (χ1) is 16.5. The Morgan fingerprint density at radius 2 is 1.76 bits per heavy atom. The van der Waals surface area contributed by atoms with Gasteiger partial charge in [-0.05, 0) is 66.1 Å². The Bertz CT molecular complexity index is 1210. The van der Waals surface area contributed by atoms with Gasteiger partial charge in [0, 0.05) is 24.5 Å². The average molecular weight is 459 g/mol. The van der Waals surface area contributed by atoms with Gasteiger partial charge in [-0.25, -0.2) is 0 Å². The summed E-state index contributed by atoms with van der Waals surface area (Å²) in [5.41, 5.74) is 1.95. The molecule has 7 heteroatoms. The van der Waals surface area contributed by atoms with Crippen LogP contribution in [0.2, 0.25) is 0 Å². The maximum Gasteiger partial charge on any atom is 0.295 e. The molecule has 1 saturated heterocycles. The molecule has 1 fully saturated rings. The fourth-order valence-corrected chi connectivity index (χ4v) is 3.97. The predicted octanol–water partition coefficient (Wildman–Crippen LogP) is 4.50. The normalized spacial score (nSPS) is 17.1. The summed E-state index contributed by atoms with van der Waals surface area (Å²) in [6, 6.07) is 16.8. The number of likely N-dealkylation sites (tertiary alicyclic amines) is 1. The fraction of sp³-hybridized carbons (Fsp3) is 0.222. The van der Waals surface area contributed by atoms with Crippen LogP contribution in [-0.2, 0) is 16.1 Å². The summed E-state index contributed by atoms with van der Waals surface area (Å²) in [5, 5.41) is 11.2. The molecule has 1 aliphatic rings. The molecule has 1 amide bonds. The standard InChI is InChI=1S/C27H26N2O5/c1-3-15-34-21-9-7-19(8-10-21)25(30)23-24(20-5-4-6-22(16-20)33-2)29(27(32)26(23)31)17-18-11-13-28-14-12-18/h4-14,16,24,30H,3,15,17H2,1-2H3/b25-23-. The van der Waals surface area contributed by atoms with Crippen molar-refractivity contribution in [2.24, 2.45) is 0 Å². The second kappa shape index (κ2) is 10.2. The second-order valence-electron chi connectivity index (χ2n) is 7.93. The smallest absolute Gasteiger partial charge is 0.295 e. The maximum atomic E-state index is 13.2. The van der Waals surface area contributed by atoms with Crippen molar-refractivity contribution >= 4 is 17.4 Å². The molecule has 4 rings (SSSR count). The van der Waals surface area contributed by atoms with Gasteiger partial charge in [0.2, 0.25) is 0 Å². The number of methoxy groups -OCH3 is 1. The Balaban J connectivity index is 1.80. The summed E-state index contributed by atoms with van der Waals surface area (Å²) in [6.45, 7) is 2.79. The van der Waals surface area contributed by atoms with E-state index in [4.69, 9.17) is 9.47 Å². The highest BCUT2D eigenvalue weighted by molar-refractivity contribution is 6.46. The lowest BCUT2D eigenvalue weighted by atomic mass is 9.95. The Labute approximate surface area is 198 Å². The number of ketones is 1. The van der Waals surface area contributed by atoms with Gasteiger partial charge in [0.1, 0.15) is 17.3 Å². The first-order valence-electron chi connectivity index (χ1n) is 11.1. The lowest BCUT2D eigenvalue weighted by Gasteiger charge is -2.25. The summed E-state index contributed by atoms with van der Waals surface area (Å²) >= 11 is 0. The average Bonchev–Trinajstić information content (AvgIpc) is 3.13. The van der Waals surface area contributed by atoms with E-state index in [2.05, 4.69) is 4.98 Å². The minimum Gasteiger partial charge on any atom is -0.507 e. The quantitative estimate of drug-likeness (QED) is 0.304. The zero-order chi connectivity index (χ0) is 24.1. The first kappa shape index (κ1) is 23.0. The van der Waals surface area contributed by atoms with Crippen LogP contribution in [0.4, 0.5) is 0 Å². The molecule has 2 heterocycles. The highest BCUT2D eigenvalue weighted by atomic mass is 16.5. The van der Waals surface area contributed by atoms with Crippen molar-refractivity contribution in [2.45, 2.75) is 25.9 Å². The van der Waals surface area contributed by atoms with Crippen LogP contribution in [0.25, 0.3) is 5.76 Å². The van der Waals surface area contributed by atoms with Gasteiger partial charge in [0.15, 0.2) is 0 Å². The van der Waals surface area contributed by atoms with E-state index in [9.17, 15) is 14.7 Å². The number of aliphatic hydroxyl groups is 1. The fourth-order valence-electron chi connectivity index (χ4n) is 3.97. The van der Waals surface area contributed by atoms with E-state index in [0.717, 1.165) is 12.0 Å². The largest absolute Gasteiger partial charge is 0.507 e. The van der Waals surface area contributed by atoms with E-state index in [1.807, 2.05) is 13.0 Å². The Morgan fingerprint density at radius 1 is 1.03 bits per heavy atom. The van der Waals surface area contributed by atoms with E-state index in [0.29, 0.717) is 29.2 Å². The van der Waals surface area contributed by atoms with Crippen LogP contribution >= 0.6 is 0 Å². The summed E-state index contributed by atoms with van der Waals surface area (Å²) in [5.74, 6) is -0.379. The number of hydrogen-bond acceptors (Lipinski definition) is 6. The lowest BCUT2D eigenvalue weighted by Crippen LogP contribution is -2.29. The zero-order valence-corrected chi connectivity index (χ0v) is 19.1. The SMILES string of the molecule is CCCOc1ccc(/C(O)=C2/C(=O)C(=O)N(Cc3ccncc3)C2c2cccc(OC)c2)cc1.